The highest BCUT2D eigenvalue weighted by atomic mass is 79.9. The number of hydrogen-bond donors (Lipinski definition) is 0. The minimum Gasteiger partial charge on any atom is -0.465 e. The van der Waals surface area contributed by atoms with E-state index in [-0.39, 0.29) is 5.97 Å². The van der Waals surface area contributed by atoms with Gasteiger partial charge < -0.3 is 9.30 Å². The van der Waals surface area contributed by atoms with Crippen molar-refractivity contribution in [1.82, 2.24) is 14.8 Å². The third-order valence-corrected chi connectivity index (χ3v) is 3.50. The van der Waals surface area contributed by atoms with Crippen molar-refractivity contribution in [3.05, 3.63) is 46.5 Å². The summed E-state index contributed by atoms with van der Waals surface area (Å²) in [6, 6.07) is 7.57. The van der Waals surface area contributed by atoms with Crippen LogP contribution in [0.3, 0.4) is 0 Å². The number of aromatic nitrogens is 3. The average molecular weight is 338 g/mol. The van der Waals surface area contributed by atoms with Gasteiger partial charge in [-0.25, -0.2) is 0 Å². The molecule has 2 aromatic rings. The smallest absolute Gasteiger partial charge is 0.321 e. The van der Waals surface area contributed by atoms with Crippen molar-refractivity contribution in [2.45, 2.75) is 26.3 Å². The fourth-order valence-electron chi connectivity index (χ4n) is 2.00. The Morgan fingerprint density at radius 1 is 1.35 bits per heavy atom. The molecular weight excluding hydrogens is 322 g/mol. The van der Waals surface area contributed by atoms with Crippen LogP contribution >= 0.6 is 15.9 Å². The number of rotatable bonds is 5. The Hall–Kier alpha value is -1.69. The van der Waals surface area contributed by atoms with Gasteiger partial charge in [-0.3, -0.25) is 4.79 Å². The van der Waals surface area contributed by atoms with E-state index in [0.717, 1.165) is 10.0 Å². The monoisotopic (exact) mass is 337 g/mol. The van der Waals surface area contributed by atoms with Crippen LogP contribution in [-0.4, -0.2) is 27.3 Å². The fourth-order valence-corrected chi connectivity index (χ4v) is 2.27. The lowest BCUT2D eigenvalue weighted by Gasteiger charge is -2.16. The van der Waals surface area contributed by atoms with E-state index >= 15 is 0 Å². The van der Waals surface area contributed by atoms with Gasteiger partial charge in [-0.1, -0.05) is 28.1 Å². The summed E-state index contributed by atoms with van der Waals surface area (Å²) in [5.74, 6) is -0.253. The SMILES string of the molecule is CCOC(=O)C(c1ccc(Br)cc1)c1nncn1CC. The molecule has 0 saturated carbocycles. The lowest BCUT2D eigenvalue weighted by atomic mass is 9.98. The van der Waals surface area contributed by atoms with E-state index in [1.165, 1.54) is 0 Å². The summed E-state index contributed by atoms with van der Waals surface area (Å²) < 4.78 is 7.99. The van der Waals surface area contributed by atoms with E-state index in [0.29, 0.717) is 19.0 Å². The first kappa shape index (κ1) is 14.7. The van der Waals surface area contributed by atoms with Gasteiger partial charge in [0.2, 0.25) is 0 Å². The molecule has 0 spiro atoms. The standard InChI is InChI=1S/C14H16BrN3O2/c1-3-18-9-16-17-13(18)12(14(19)20-4-2)10-5-7-11(15)8-6-10/h5-9,12H,3-4H2,1-2H3. The normalized spacial score (nSPS) is 12.2. The molecule has 0 aliphatic rings. The van der Waals surface area contributed by atoms with Crippen LogP contribution in [0.5, 0.6) is 0 Å². The van der Waals surface area contributed by atoms with Crippen molar-refractivity contribution in [2.24, 2.45) is 0 Å². The second-order valence-corrected chi connectivity index (χ2v) is 5.13. The van der Waals surface area contributed by atoms with Crippen molar-refractivity contribution < 1.29 is 9.53 Å². The third-order valence-electron chi connectivity index (χ3n) is 2.97. The number of hydrogen-bond acceptors (Lipinski definition) is 4. The highest BCUT2D eigenvalue weighted by Crippen LogP contribution is 2.26. The molecule has 0 amide bonds. The summed E-state index contributed by atoms with van der Waals surface area (Å²) in [5.41, 5.74) is 0.842. The van der Waals surface area contributed by atoms with E-state index in [1.807, 2.05) is 35.8 Å². The second-order valence-electron chi connectivity index (χ2n) is 4.21. The maximum Gasteiger partial charge on any atom is 0.321 e. The molecule has 20 heavy (non-hydrogen) atoms. The summed E-state index contributed by atoms with van der Waals surface area (Å²) in [5, 5.41) is 7.99. The Morgan fingerprint density at radius 2 is 2.05 bits per heavy atom. The molecule has 0 N–H and O–H groups in total. The van der Waals surface area contributed by atoms with Gasteiger partial charge in [0.1, 0.15) is 12.2 Å². The van der Waals surface area contributed by atoms with Gasteiger partial charge in [0.05, 0.1) is 6.61 Å². The summed E-state index contributed by atoms with van der Waals surface area (Å²) in [4.78, 5) is 12.3. The molecule has 5 nitrogen and oxygen atoms in total. The molecule has 2 rings (SSSR count). The first-order valence-electron chi connectivity index (χ1n) is 6.47. The number of nitrogens with zero attached hydrogens (tertiary/aromatic N) is 3. The zero-order valence-electron chi connectivity index (χ0n) is 11.4. The van der Waals surface area contributed by atoms with Gasteiger partial charge in [0.15, 0.2) is 5.82 Å². The van der Waals surface area contributed by atoms with Crippen LogP contribution in [0.15, 0.2) is 35.1 Å². The van der Waals surface area contributed by atoms with Gasteiger partial charge in [-0.05, 0) is 31.5 Å². The minimum atomic E-state index is -0.550. The van der Waals surface area contributed by atoms with Gasteiger partial charge >= 0.3 is 5.97 Å². The van der Waals surface area contributed by atoms with Crippen LogP contribution in [0.2, 0.25) is 0 Å². The number of esters is 1. The molecule has 6 heteroatoms. The largest absolute Gasteiger partial charge is 0.465 e. The van der Waals surface area contributed by atoms with Gasteiger partial charge in [0, 0.05) is 11.0 Å². The third kappa shape index (κ3) is 3.07. The Kier molecular flexibility index (Phi) is 4.89. The quantitative estimate of drug-likeness (QED) is 0.787. The zero-order valence-corrected chi connectivity index (χ0v) is 13.0. The van der Waals surface area contributed by atoms with E-state index in [1.54, 1.807) is 13.3 Å². The van der Waals surface area contributed by atoms with Crippen LogP contribution < -0.4 is 0 Å². The number of aryl methyl sites for hydroxylation is 1. The molecule has 0 fully saturated rings. The van der Waals surface area contributed by atoms with E-state index in [4.69, 9.17) is 4.74 Å². The first-order valence-corrected chi connectivity index (χ1v) is 7.26. The fraction of sp³-hybridized carbons (Fsp3) is 0.357. The Balaban J connectivity index is 2.44. The Morgan fingerprint density at radius 3 is 2.65 bits per heavy atom. The highest BCUT2D eigenvalue weighted by Gasteiger charge is 2.28. The van der Waals surface area contributed by atoms with Crippen molar-refractivity contribution in [1.29, 1.82) is 0 Å². The number of ether oxygens (including phenoxy) is 1. The van der Waals surface area contributed by atoms with Crippen molar-refractivity contribution >= 4 is 21.9 Å². The maximum atomic E-state index is 12.3. The number of carbonyl (C=O) groups is 1. The van der Waals surface area contributed by atoms with Gasteiger partial charge in [-0.2, -0.15) is 0 Å². The Bertz CT molecular complexity index is 580. The number of halogens is 1. The van der Waals surface area contributed by atoms with Gasteiger partial charge in [-0.15, -0.1) is 10.2 Å². The predicted molar refractivity (Wildman–Crippen MR) is 78.3 cm³/mol. The summed E-state index contributed by atoms with van der Waals surface area (Å²) >= 11 is 3.39. The van der Waals surface area contributed by atoms with E-state index in [9.17, 15) is 4.79 Å². The molecule has 0 radical (unpaired) electrons. The number of benzene rings is 1. The molecule has 1 aromatic heterocycles. The van der Waals surface area contributed by atoms with Crippen LogP contribution in [0.4, 0.5) is 0 Å². The molecule has 1 atom stereocenters. The molecule has 0 aliphatic heterocycles. The number of carbonyl (C=O) groups excluding carboxylic acids is 1. The molecule has 1 heterocycles. The molecule has 106 valence electrons. The van der Waals surface area contributed by atoms with E-state index in [2.05, 4.69) is 26.1 Å². The second kappa shape index (κ2) is 6.65. The molecule has 0 bridgehead atoms. The molecule has 0 saturated heterocycles. The summed E-state index contributed by atoms with van der Waals surface area (Å²) in [6.45, 7) is 4.82. The summed E-state index contributed by atoms with van der Waals surface area (Å²) in [7, 11) is 0. The highest BCUT2D eigenvalue weighted by molar-refractivity contribution is 9.10. The van der Waals surface area contributed by atoms with Crippen LogP contribution in [0.25, 0.3) is 0 Å². The molecular formula is C14H16BrN3O2. The van der Waals surface area contributed by atoms with Crippen molar-refractivity contribution in [2.75, 3.05) is 6.61 Å². The molecule has 1 aromatic carbocycles. The minimum absolute atomic E-state index is 0.308. The molecule has 1 unspecified atom stereocenters. The van der Waals surface area contributed by atoms with Gasteiger partial charge in [0.25, 0.3) is 0 Å². The first-order chi connectivity index (χ1) is 9.67. The summed E-state index contributed by atoms with van der Waals surface area (Å²) in [6.07, 6.45) is 1.63. The van der Waals surface area contributed by atoms with E-state index < -0.39 is 5.92 Å². The zero-order chi connectivity index (χ0) is 14.5. The lowest BCUT2D eigenvalue weighted by Crippen LogP contribution is -2.21. The average Bonchev–Trinajstić information content (AvgIpc) is 2.90. The van der Waals surface area contributed by atoms with Crippen LogP contribution in [0.1, 0.15) is 31.2 Å². The lowest BCUT2D eigenvalue weighted by molar-refractivity contribution is -0.144. The predicted octanol–water partition coefficient (Wildman–Crippen LogP) is 2.76. The van der Waals surface area contributed by atoms with Crippen LogP contribution in [-0.2, 0) is 16.1 Å². The molecule has 0 aliphatic carbocycles. The Labute approximate surface area is 126 Å². The topological polar surface area (TPSA) is 57.0 Å². The van der Waals surface area contributed by atoms with Crippen molar-refractivity contribution in [3.8, 4) is 0 Å². The van der Waals surface area contributed by atoms with Crippen molar-refractivity contribution in [3.63, 3.8) is 0 Å². The maximum absolute atomic E-state index is 12.3. The van der Waals surface area contributed by atoms with Crippen LogP contribution in [0, 0.1) is 0 Å².